The van der Waals surface area contributed by atoms with Crippen molar-refractivity contribution in [1.82, 2.24) is 9.80 Å². The van der Waals surface area contributed by atoms with Crippen molar-refractivity contribution in [2.24, 2.45) is 5.92 Å². The van der Waals surface area contributed by atoms with Crippen LogP contribution >= 0.6 is 0 Å². The normalized spacial score (nSPS) is 22.5. The lowest BCUT2D eigenvalue weighted by molar-refractivity contribution is -0.133. The zero-order valence-corrected chi connectivity index (χ0v) is 19.9. The summed E-state index contributed by atoms with van der Waals surface area (Å²) in [6.07, 6.45) is -1.15. The number of hydrogen-bond donors (Lipinski definition) is 0. The molecule has 2 aromatic rings. The Kier molecular flexibility index (Phi) is 6.50. The first-order valence-corrected chi connectivity index (χ1v) is 11.3. The lowest BCUT2D eigenvalue weighted by Crippen LogP contribution is -2.41. The SMILES string of the molecule is COc1ccc([C@@H]2CN(C(=O)OC(C)(C)C)C[C@@H]2C(=O)N2C(=O)OC[C@H]2c2ccccc2)cc1. The van der Waals surface area contributed by atoms with E-state index < -0.39 is 29.7 Å². The van der Waals surface area contributed by atoms with Crippen LogP contribution in [0.2, 0.25) is 0 Å². The number of benzene rings is 2. The van der Waals surface area contributed by atoms with Gasteiger partial charge in [0.25, 0.3) is 0 Å². The number of cyclic esters (lactones) is 1. The second kappa shape index (κ2) is 9.37. The molecule has 2 heterocycles. The van der Waals surface area contributed by atoms with E-state index in [1.807, 2.05) is 54.6 Å². The number of imide groups is 1. The molecule has 0 aromatic heterocycles. The Morgan fingerprint density at radius 3 is 2.26 bits per heavy atom. The van der Waals surface area contributed by atoms with E-state index in [9.17, 15) is 14.4 Å². The molecule has 0 aliphatic carbocycles. The summed E-state index contributed by atoms with van der Waals surface area (Å²) in [5.74, 6) is -0.599. The molecular weight excluding hydrogens is 436 g/mol. The van der Waals surface area contributed by atoms with E-state index in [1.165, 1.54) is 4.90 Å². The van der Waals surface area contributed by atoms with E-state index in [4.69, 9.17) is 14.2 Å². The Balaban J connectivity index is 1.64. The van der Waals surface area contributed by atoms with Gasteiger partial charge in [0, 0.05) is 19.0 Å². The van der Waals surface area contributed by atoms with Gasteiger partial charge in [-0.25, -0.2) is 14.5 Å². The highest BCUT2D eigenvalue weighted by atomic mass is 16.6. The summed E-state index contributed by atoms with van der Waals surface area (Å²) in [4.78, 5) is 42.1. The number of carbonyl (C=O) groups excluding carboxylic acids is 3. The van der Waals surface area contributed by atoms with Crippen LogP contribution in [0.25, 0.3) is 0 Å². The van der Waals surface area contributed by atoms with Gasteiger partial charge in [-0.1, -0.05) is 42.5 Å². The molecule has 0 N–H and O–H groups in total. The van der Waals surface area contributed by atoms with Gasteiger partial charge in [-0.2, -0.15) is 0 Å². The van der Waals surface area contributed by atoms with E-state index in [2.05, 4.69) is 0 Å². The minimum absolute atomic E-state index is 0.101. The Bertz CT molecular complexity index is 1050. The molecule has 3 amide bonds. The predicted octanol–water partition coefficient (Wildman–Crippen LogP) is 4.37. The topological polar surface area (TPSA) is 85.4 Å². The zero-order valence-electron chi connectivity index (χ0n) is 19.9. The molecule has 4 rings (SSSR count). The summed E-state index contributed by atoms with van der Waals surface area (Å²) in [5, 5.41) is 0. The molecule has 2 aliphatic heterocycles. The average Bonchev–Trinajstić information content (AvgIpc) is 3.43. The van der Waals surface area contributed by atoms with Crippen molar-refractivity contribution >= 4 is 18.1 Å². The van der Waals surface area contributed by atoms with Crippen molar-refractivity contribution in [2.45, 2.75) is 38.3 Å². The fourth-order valence-corrected chi connectivity index (χ4v) is 4.48. The van der Waals surface area contributed by atoms with Gasteiger partial charge >= 0.3 is 12.2 Å². The monoisotopic (exact) mass is 466 g/mol. The van der Waals surface area contributed by atoms with Gasteiger partial charge in [0.1, 0.15) is 24.0 Å². The van der Waals surface area contributed by atoms with Crippen molar-refractivity contribution in [3.63, 3.8) is 0 Å². The van der Waals surface area contributed by atoms with Crippen LogP contribution in [0.15, 0.2) is 54.6 Å². The van der Waals surface area contributed by atoms with Crippen LogP contribution in [0, 0.1) is 5.92 Å². The van der Waals surface area contributed by atoms with Crippen molar-refractivity contribution in [3.05, 3.63) is 65.7 Å². The summed E-state index contributed by atoms with van der Waals surface area (Å²) in [6, 6.07) is 16.3. The number of amides is 3. The Labute approximate surface area is 199 Å². The van der Waals surface area contributed by atoms with Crippen LogP contribution in [0.5, 0.6) is 5.75 Å². The fourth-order valence-electron chi connectivity index (χ4n) is 4.48. The minimum Gasteiger partial charge on any atom is -0.497 e. The van der Waals surface area contributed by atoms with Gasteiger partial charge in [-0.05, 0) is 44.0 Å². The fraction of sp³-hybridized carbons (Fsp3) is 0.423. The van der Waals surface area contributed by atoms with Gasteiger partial charge in [-0.15, -0.1) is 0 Å². The standard InChI is InChI=1S/C26H30N2O6/c1-26(2,3)34-24(30)27-14-20(17-10-12-19(32-4)13-11-17)21(15-27)23(29)28-22(16-33-25(28)31)18-8-6-5-7-9-18/h5-13,20-22H,14-16H2,1-4H3/t20-,21-,22-/m0/s1. The van der Waals surface area contributed by atoms with Gasteiger partial charge in [0.05, 0.1) is 13.0 Å². The van der Waals surface area contributed by atoms with E-state index in [1.54, 1.807) is 32.8 Å². The van der Waals surface area contributed by atoms with E-state index >= 15 is 0 Å². The molecule has 2 saturated heterocycles. The second-order valence-electron chi connectivity index (χ2n) is 9.58. The molecule has 8 heteroatoms. The molecule has 0 bridgehead atoms. The second-order valence-corrected chi connectivity index (χ2v) is 9.58. The van der Waals surface area contributed by atoms with Crippen molar-refractivity contribution in [3.8, 4) is 5.75 Å². The van der Waals surface area contributed by atoms with Crippen LogP contribution in [0.1, 0.15) is 43.9 Å². The van der Waals surface area contributed by atoms with E-state index in [0.717, 1.165) is 11.1 Å². The smallest absolute Gasteiger partial charge is 0.417 e. The summed E-state index contributed by atoms with van der Waals surface area (Å²) in [5.41, 5.74) is 1.05. The summed E-state index contributed by atoms with van der Waals surface area (Å²) in [6.45, 7) is 5.95. The first-order chi connectivity index (χ1) is 16.2. The van der Waals surface area contributed by atoms with Gasteiger partial charge in [0.15, 0.2) is 0 Å². The molecule has 8 nitrogen and oxygen atoms in total. The van der Waals surface area contributed by atoms with E-state index in [0.29, 0.717) is 12.3 Å². The van der Waals surface area contributed by atoms with Crippen LogP contribution in [-0.4, -0.2) is 60.3 Å². The van der Waals surface area contributed by atoms with Gasteiger partial charge < -0.3 is 19.1 Å². The number of likely N-dealkylation sites (tertiary alicyclic amines) is 1. The number of carbonyl (C=O) groups is 3. The van der Waals surface area contributed by atoms with Crippen LogP contribution < -0.4 is 4.74 Å². The third-order valence-corrected chi connectivity index (χ3v) is 6.13. The number of ether oxygens (including phenoxy) is 3. The lowest BCUT2D eigenvalue weighted by atomic mass is 9.87. The molecule has 0 radical (unpaired) electrons. The molecule has 180 valence electrons. The predicted molar refractivity (Wildman–Crippen MR) is 124 cm³/mol. The van der Waals surface area contributed by atoms with Crippen molar-refractivity contribution in [2.75, 3.05) is 26.8 Å². The van der Waals surface area contributed by atoms with E-state index in [-0.39, 0.29) is 25.0 Å². The summed E-state index contributed by atoms with van der Waals surface area (Å²) >= 11 is 0. The highest BCUT2D eigenvalue weighted by Gasteiger charge is 2.48. The molecule has 0 unspecified atom stereocenters. The third-order valence-electron chi connectivity index (χ3n) is 6.13. The molecule has 2 aromatic carbocycles. The minimum atomic E-state index is -0.664. The first-order valence-electron chi connectivity index (χ1n) is 11.3. The highest BCUT2D eigenvalue weighted by Crippen LogP contribution is 2.38. The molecule has 3 atom stereocenters. The number of rotatable bonds is 4. The molecule has 0 spiro atoms. The Morgan fingerprint density at radius 2 is 1.65 bits per heavy atom. The third kappa shape index (κ3) is 4.85. The largest absolute Gasteiger partial charge is 0.497 e. The number of methoxy groups -OCH3 is 1. The van der Waals surface area contributed by atoms with Crippen molar-refractivity contribution < 1.29 is 28.6 Å². The average molecular weight is 467 g/mol. The quantitative estimate of drug-likeness (QED) is 0.665. The lowest BCUT2D eigenvalue weighted by Gasteiger charge is -2.26. The molecule has 0 saturated carbocycles. The number of hydrogen-bond acceptors (Lipinski definition) is 6. The maximum Gasteiger partial charge on any atom is 0.417 e. The maximum absolute atomic E-state index is 13.8. The van der Waals surface area contributed by atoms with Gasteiger partial charge in [0.2, 0.25) is 5.91 Å². The highest BCUT2D eigenvalue weighted by molar-refractivity contribution is 5.96. The van der Waals surface area contributed by atoms with Crippen LogP contribution in [0.4, 0.5) is 9.59 Å². The number of nitrogens with zero attached hydrogens (tertiary/aromatic N) is 2. The first kappa shape index (κ1) is 23.6. The summed E-state index contributed by atoms with van der Waals surface area (Å²) < 4.78 is 16.1. The maximum atomic E-state index is 13.8. The molecular formula is C26H30N2O6. The summed E-state index contributed by atoms with van der Waals surface area (Å²) in [7, 11) is 1.59. The van der Waals surface area contributed by atoms with Gasteiger partial charge in [-0.3, -0.25) is 4.79 Å². The zero-order chi connectivity index (χ0) is 24.5. The Morgan fingerprint density at radius 1 is 0.971 bits per heavy atom. The van der Waals surface area contributed by atoms with Crippen LogP contribution in [0.3, 0.4) is 0 Å². The molecule has 2 fully saturated rings. The molecule has 2 aliphatic rings. The molecule has 34 heavy (non-hydrogen) atoms. The Hall–Kier alpha value is -3.55. The van der Waals surface area contributed by atoms with Crippen molar-refractivity contribution in [1.29, 1.82) is 0 Å². The van der Waals surface area contributed by atoms with Crippen LogP contribution in [-0.2, 0) is 14.3 Å².